The lowest BCUT2D eigenvalue weighted by molar-refractivity contribution is -0.283. The summed E-state index contributed by atoms with van der Waals surface area (Å²) in [5.41, 5.74) is 0. The van der Waals surface area contributed by atoms with Crippen molar-refractivity contribution in [3.8, 4) is 0 Å². The van der Waals surface area contributed by atoms with Gasteiger partial charge in [0.2, 0.25) is 11.9 Å². The van der Waals surface area contributed by atoms with E-state index in [9.17, 15) is 0 Å². The number of hydrogen-bond acceptors (Lipinski definition) is 3. The Morgan fingerprint density at radius 1 is 2.00 bits per heavy atom. The van der Waals surface area contributed by atoms with E-state index in [1.807, 2.05) is 0 Å². The zero-order valence-electron chi connectivity index (χ0n) is 2.67. The van der Waals surface area contributed by atoms with Crippen molar-refractivity contribution in [2.45, 2.75) is 0 Å². The maximum absolute atomic E-state index is 9.14. The summed E-state index contributed by atoms with van der Waals surface area (Å²) in [5.74, 6) is 0. The van der Waals surface area contributed by atoms with Crippen molar-refractivity contribution in [1.29, 1.82) is 0 Å². The first kappa shape index (κ1) is 4.75. The van der Waals surface area contributed by atoms with Gasteiger partial charge in [-0.05, 0) is 0 Å². The fourth-order valence-electron chi connectivity index (χ4n) is 0. The molecule has 0 N–H and O–H groups in total. The third-order valence-electron chi connectivity index (χ3n) is 0.149. The van der Waals surface area contributed by atoms with Gasteiger partial charge >= 0.3 is 0 Å². The average molecular weight is 93.1 g/mol. The second kappa shape index (κ2) is 2.02. The summed E-state index contributed by atoms with van der Waals surface area (Å²) in [5, 5.41) is 9.14. The van der Waals surface area contributed by atoms with Crippen molar-refractivity contribution < 1.29 is 4.33 Å². The Hall–Kier alpha value is -0.250. The van der Waals surface area contributed by atoms with Gasteiger partial charge in [-0.2, -0.15) is 0 Å². The van der Waals surface area contributed by atoms with E-state index in [0.29, 0.717) is 11.9 Å². The molecule has 0 aromatic heterocycles. The van der Waals surface area contributed by atoms with Crippen LogP contribution >= 0.6 is 11.9 Å². The number of hydrogen-bond donors (Lipinski definition) is 0. The van der Waals surface area contributed by atoms with Crippen LogP contribution in [0, 0.1) is 10.1 Å². The number of nitrogens with zero attached hydrogens (tertiary/aromatic N) is 1. The molecule has 0 rings (SSSR count). The third-order valence-corrected chi connectivity index (χ3v) is 0.447. The maximum atomic E-state index is 9.14. The SMILES string of the molecule is CS[N+](=O)[O-]. The minimum Gasteiger partial charge on any atom is -0.251 e. The largest absolute Gasteiger partial charge is 0.251 e. The molecule has 0 unspecified atom stereocenters. The lowest BCUT2D eigenvalue weighted by Gasteiger charge is -1.69. The molecule has 0 aliphatic carbocycles. The van der Waals surface area contributed by atoms with Gasteiger partial charge in [0.25, 0.3) is 0 Å². The van der Waals surface area contributed by atoms with Crippen LogP contribution in [0.15, 0.2) is 0 Å². The van der Waals surface area contributed by atoms with Gasteiger partial charge in [-0.15, -0.1) is 0 Å². The van der Waals surface area contributed by atoms with Crippen LogP contribution in [-0.4, -0.2) is 10.6 Å². The zero-order chi connectivity index (χ0) is 4.28. The average Bonchev–Trinajstić information content (AvgIpc) is 1.38. The normalized spacial score (nSPS) is 7.40. The zero-order valence-corrected chi connectivity index (χ0v) is 3.49. The summed E-state index contributed by atoms with van der Waals surface area (Å²) in [4.78, 5) is 9.14. The molecule has 0 bridgehead atoms. The lowest BCUT2D eigenvalue weighted by Crippen LogP contribution is -1.75. The van der Waals surface area contributed by atoms with Crippen molar-refractivity contribution in [3.05, 3.63) is 10.1 Å². The predicted octanol–water partition coefficient (Wildman–Crippen LogP) is 0.541. The van der Waals surface area contributed by atoms with E-state index in [0.717, 1.165) is 0 Å². The molecule has 0 radical (unpaired) electrons. The molecule has 0 heterocycles. The Bertz CT molecular complexity index is 44.9. The van der Waals surface area contributed by atoms with Gasteiger partial charge in [0.05, 0.1) is 6.26 Å². The Morgan fingerprint density at radius 3 is 2.20 bits per heavy atom. The lowest BCUT2D eigenvalue weighted by atomic mass is 12.0. The molecule has 0 fully saturated rings. The van der Waals surface area contributed by atoms with Crippen molar-refractivity contribution in [3.63, 3.8) is 0 Å². The molecule has 30 valence electrons. The van der Waals surface area contributed by atoms with E-state index in [-0.39, 0.29) is 0 Å². The fourth-order valence-corrected chi connectivity index (χ4v) is 0. The molecule has 0 atom stereocenters. The smallest absolute Gasteiger partial charge is 0.224 e. The summed E-state index contributed by atoms with van der Waals surface area (Å²) in [6, 6.07) is 0. The molecule has 3 nitrogen and oxygen atoms in total. The van der Waals surface area contributed by atoms with Gasteiger partial charge in [0.15, 0.2) is 0 Å². The summed E-state index contributed by atoms with van der Waals surface area (Å²) in [6.45, 7) is 0. The van der Waals surface area contributed by atoms with Crippen molar-refractivity contribution in [2.24, 2.45) is 0 Å². The molecule has 0 aliphatic rings. The molecule has 0 aliphatic heterocycles. The maximum Gasteiger partial charge on any atom is 0.224 e. The van der Waals surface area contributed by atoms with Gasteiger partial charge in [-0.1, -0.05) is 0 Å². The Kier molecular flexibility index (Phi) is 1.92. The fraction of sp³-hybridized carbons (Fsp3) is 1.00. The van der Waals surface area contributed by atoms with Crippen LogP contribution in [-0.2, 0) is 0 Å². The van der Waals surface area contributed by atoms with E-state index in [2.05, 4.69) is 0 Å². The predicted molar refractivity (Wildman–Crippen MR) is 20.5 cm³/mol. The Labute approximate surface area is 33.7 Å². The van der Waals surface area contributed by atoms with Crippen LogP contribution in [0.1, 0.15) is 0 Å². The van der Waals surface area contributed by atoms with Gasteiger partial charge in [-0.3, -0.25) is 10.1 Å². The van der Waals surface area contributed by atoms with E-state index in [4.69, 9.17) is 10.1 Å². The summed E-state index contributed by atoms with van der Waals surface area (Å²) in [6.07, 6.45) is 1.42. The summed E-state index contributed by atoms with van der Waals surface area (Å²) >= 11 is 0.602. The second-order valence-corrected chi connectivity index (χ2v) is 1.07. The molecule has 0 amide bonds. The standard InChI is InChI=1S/CH3NO2S/c1-5-2(3)4/h1H3. The topological polar surface area (TPSA) is 43.1 Å². The molecular formula is CH3NO2S. The second-order valence-electron chi connectivity index (χ2n) is 0.406. The minimum absolute atomic E-state index is 0.458. The number of nitro groups is 1. The van der Waals surface area contributed by atoms with E-state index in [1.165, 1.54) is 6.26 Å². The van der Waals surface area contributed by atoms with Gasteiger partial charge in [-0.25, -0.2) is 0 Å². The first-order valence-electron chi connectivity index (χ1n) is 0.956. The van der Waals surface area contributed by atoms with Gasteiger partial charge < -0.3 is 0 Å². The molecule has 0 saturated heterocycles. The van der Waals surface area contributed by atoms with Gasteiger partial charge in [0.1, 0.15) is 4.33 Å². The van der Waals surface area contributed by atoms with Gasteiger partial charge in [0, 0.05) is 0 Å². The molecule has 0 aromatic rings. The van der Waals surface area contributed by atoms with Crippen molar-refractivity contribution in [1.82, 2.24) is 0 Å². The van der Waals surface area contributed by atoms with E-state index >= 15 is 0 Å². The van der Waals surface area contributed by atoms with Crippen LogP contribution in [0.4, 0.5) is 0 Å². The molecule has 0 spiro atoms. The Morgan fingerprint density at radius 2 is 2.20 bits per heavy atom. The highest BCUT2D eigenvalue weighted by Crippen LogP contribution is 1.86. The van der Waals surface area contributed by atoms with Crippen molar-refractivity contribution in [2.75, 3.05) is 6.26 Å². The first-order valence-corrected chi connectivity index (χ1v) is 2.14. The van der Waals surface area contributed by atoms with E-state index in [1.54, 1.807) is 0 Å². The molecule has 0 saturated carbocycles. The van der Waals surface area contributed by atoms with Crippen LogP contribution in [0.25, 0.3) is 0 Å². The molecule has 4 heteroatoms. The number of rotatable bonds is 1. The monoisotopic (exact) mass is 93.0 g/mol. The minimum atomic E-state index is -0.458. The van der Waals surface area contributed by atoms with Crippen LogP contribution in [0.2, 0.25) is 0 Å². The van der Waals surface area contributed by atoms with Crippen LogP contribution in [0.5, 0.6) is 0 Å². The molecule has 5 heavy (non-hydrogen) atoms. The summed E-state index contributed by atoms with van der Waals surface area (Å²) < 4.78 is -0.458. The van der Waals surface area contributed by atoms with Crippen molar-refractivity contribution >= 4 is 11.9 Å². The third kappa shape index (κ3) is 3.75. The highest BCUT2D eigenvalue weighted by Gasteiger charge is 1.81. The highest BCUT2D eigenvalue weighted by molar-refractivity contribution is 7.92. The van der Waals surface area contributed by atoms with Crippen LogP contribution in [0.3, 0.4) is 0 Å². The molecule has 0 aromatic carbocycles. The molecular weight excluding hydrogens is 90.1 g/mol. The van der Waals surface area contributed by atoms with Crippen LogP contribution < -0.4 is 0 Å². The quantitative estimate of drug-likeness (QED) is 0.270. The first-order chi connectivity index (χ1) is 2.27. The van der Waals surface area contributed by atoms with E-state index < -0.39 is 4.33 Å². The highest BCUT2D eigenvalue weighted by atomic mass is 32.2. The summed E-state index contributed by atoms with van der Waals surface area (Å²) in [7, 11) is 0. The Balaban J connectivity index is 2.85.